The Labute approximate surface area is 276 Å². The number of nitrogens with zero attached hydrogens (tertiary/aromatic N) is 2. The summed E-state index contributed by atoms with van der Waals surface area (Å²) in [7, 11) is 0. The van der Waals surface area contributed by atoms with Gasteiger partial charge in [-0.25, -0.2) is 0 Å². The fraction of sp³-hybridized carbons (Fsp3) is 0.541. The minimum atomic E-state index is -1.14. The molecule has 0 unspecified atom stereocenters. The van der Waals surface area contributed by atoms with Crippen LogP contribution in [0.1, 0.15) is 56.9 Å². The van der Waals surface area contributed by atoms with Gasteiger partial charge in [0.05, 0.1) is 17.9 Å². The average molecular weight is 645 g/mol. The summed E-state index contributed by atoms with van der Waals surface area (Å²) in [6, 6.07) is 17.0. The van der Waals surface area contributed by atoms with Crippen molar-refractivity contribution in [3.05, 3.63) is 77.3 Å². The lowest BCUT2D eigenvalue weighted by Gasteiger charge is -2.35. The fourth-order valence-corrected chi connectivity index (χ4v) is 8.75. The molecule has 2 aromatic carbocycles. The zero-order valence-corrected chi connectivity index (χ0v) is 27.2. The van der Waals surface area contributed by atoms with Gasteiger partial charge in [-0.05, 0) is 93.9 Å². The SMILES string of the molecule is O=C(Nc1ccc(Cl)cc1)[C@@H]1[C@H]2C=C[C@]3(O2)[C@H](C(=O)NC2CCCCC2)N(CCCN2CCC(Cc4ccccc4)CC2)C(=O)[C@@H]13. The Morgan fingerprint density at radius 2 is 1.65 bits per heavy atom. The van der Waals surface area contributed by atoms with Gasteiger partial charge in [-0.15, -0.1) is 0 Å². The molecule has 5 aliphatic rings. The monoisotopic (exact) mass is 644 g/mol. The van der Waals surface area contributed by atoms with E-state index in [9.17, 15) is 14.4 Å². The Bertz CT molecular complexity index is 1440. The second kappa shape index (κ2) is 13.5. The smallest absolute Gasteiger partial charge is 0.246 e. The number of benzene rings is 2. The lowest BCUT2D eigenvalue weighted by atomic mass is 9.74. The largest absolute Gasteiger partial charge is 0.359 e. The second-order valence-corrected chi connectivity index (χ2v) is 14.3. The molecule has 2 bridgehead atoms. The van der Waals surface area contributed by atoms with Gasteiger partial charge in [-0.3, -0.25) is 14.4 Å². The average Bonchev–Trinajstić information content (AvgIpc) is 3.71. The van der Waals surface area contributed by atoms with Gasteiger partial charge in [-0.2, -0.15) is 0 Å². The molecule has 1 aliphatic carbocycles. The molecule has 2 aromatic rings. The minimum Gasteiger partial charge on any atom is -0.359 e. The van der Waals surface area contributed by atoms with Crippen LogP contribution in [0.4, 0.5) is 5.69 Å². The molecule has 46 heavy (non-hydrogen) atoms. The molecule has 1 saturated carbocycles. The molecule has 0 aromatic heterocycles. The minimum absolute atomic E-state index is 0.109. The maximum atomic E-state index is 14.3. The number of hydrogen-bond acceptors (Lipinski definition) is 5. The summed E-state index contributed by atoms with van der Waals surface area (Å²) in [5, 5.41) is 6.83. The Morgan fingerprint density at radius 1 is 0.913 bits per heavy atom. The number of anilines is 1. The van der Waals surface area contributed by atoms with E-state index >= 15 is 0 Å². The first kappa shape index (κ1) is 31.4. The van der Waals surface area contributed by atoms with Crippen molar-refractivity contribution in [1.82, 2.24) is 15.1 Å². The van der Waals surface area contributed by atoms with Crippen molar-refractivity contribution in [2.24, 2.45) is 17.8 Å². The van der Waals surface area contributed by atoms with Crippen LogP contribution in [0.3, 0.4) is 0 Å². The van der Waals surface area contributed by atoms with Crippen molar-refractivity contribution < 1.29 is 19.1 Å². The number of fused-ring (bicyclic) bond motifs is 1. The van der Waals surface area contributed by atoms with Crippen LogP contribution in [-0.4, -0.2) is 77.5 Å². The number of nitrogens with one attached hydrogen (secondary N) is 2. The Morgan fingerprint density at radius 3 is 2.39 bits per heavy atom. The quantitative estimate of drug-likeness (QED) is 0.346. The third-order valence-electron chi connectivity index (χ3n) is 10.9. The Hall–Kier alpha value is -3.20. The lowest BCUT2D eigenvalue weighted by Crippen LogP contribution is -2.56. The normalized spacial score (nSPS) is 29.7. The maximum Gasteiger partial charge on any atom is 0.246 e. The van der Waals surface area contributed by atoms with Gasteiger partial charge in [0.2, 0.25) is 17.7 Å². The molecule has 7 rings (SSSR count). The number of ether oxygens (including phenoxy) is 1. The first-order valence-electron chi connectivity index (χ1n) is 17.2. The zero-order chi connectivity index (χ0) is 31.7. The number of carbonyl (C=O) groups excluding carboxylic acids is 3. The maximum absolute atomic E-state index is 14.3. The van der Waals surface area contributed by atoms with Crippen molar-refractivity contribution in [3.63, 3.8) is 0 Å². The first-order chi connectivity index (χ1) is 22.4. The van der Waals surface area contributed by atoms with Crippen molar-refractivity contribution in [3.8, 4) is 0 Å². The molecule has 5 atom stereocenters. The van der Waals surface area contributed by atoms with Crippen LogP contribution >= 0.6 is 11.6 Å². The molecule has 8 nitrogen and oxygen atoms in total. The summed E-state index contributed by atoms with van der Waals surface area (Å²) in [6.07, 6.45) is 12.7. The Kier molecular flexibility index (Phi) is 9.21. The van der Waals surface area contributed by atoms with E-state index in [1.165, 1.54) is 24.8 Å². The van der Waals surface area contributed by atoms with Crippen LogP contribution in [-0.2, 0) is 25.5 Å². The third-order valence-corrected chi connectivity index (χ3v) is 11.2. The standard InChI is InChI=1S/C37H45ClN4O4/c38-27-12-14-29(15-13-27)39-34(43)31-30-16-19-37(46-30)32(31)36(45)42(33(37)35(44)40-28-10-5-2-6-11-28)21-7-20-41-22-17-26(18-23-41)24-25-8-3-1-4-9-25/h1,3-4,8-9,12-16,19,26,28,30-33H,2,5-7,10-11,17-18,20-24H2,(H,39,43)(H,40,44)/t30-,31-,32-,33+,37-/m1/s1. The van der Waals surface area contributed by atoms with E-state index in [-0.39, 0.29) is 23.8 Å². The molecule has 3 amide bonds. The number of rotatable bonds is 10. The molecular formula is C37H45ClN4O4. The number of hydrogen-bond donors (Lipinski definition) is 2. The summed E-state index contributed by atoms with van der Waals surface area (Å²) in [5.41, 5.74) is 0.872. The summed E-state index contributed by atoms with van der Waals surface area (Å²) < 4.78 is 6.53. The molecule has 4 heterocycles. The highest BCUT2D eigenvalue weighted by Gasteiger charge is 2.72. The van der Waals surface area contributed by atoms with Crippen LogP contribution in [0, 0.1) is 17.8 Å². The van der Waals surface area contributed by atoms with Gasteiger partial charge in [-0.1, -0.05) is 73.3 Å². The summed E-state index contributed by atoms with van der Waals surface area (Å²) in [6.45, 7) is 3.42. The first-order valence-corrected chi connectivity index (χ1v) is 17.6. The highest BCUT2D eigenvalue weighted by Crippen LogP contribution is 2.55. The molecule has 2 N–H and O–H groups in total. The molecule has 3 saturated heterocycles. The van der Waals surface area contributed by atoms with Crippen molar-refractivity contribution in [1.29, 1.82) is 0 Å². The van der Waals surface area contributed by atoms with Crippen LogP contribution in [0.2, 0.25) is 5.02 Å². The van der Waals surface area contributed by atoms with Crippen molar-refractivity contribution >= 4 is 35.0 Å². The van der Waals surface area contributed by atoms with Crippen LogP contribution in [0.15, 0.2) is 66.7 Å². The summed E-state index contributed by atoms with van der Waals surface area (Å²) in [4.78, 5) is 46.3. The van der Waals surface area contributed by atoms with Gasteiger partial charge in [0, 0.05) is 23.3 Å². The number of piperidine rings is 1. The zero-order valence-electron chi connectivity index (χ0n) is 26.4. The van der Waals surface area contributed by atoms with E-state index in [2.05, 4.69) is 45.9 Å². The van der Waals surface area contributed by atoms with Crippen LogP contribution < -0.4 is 10.6 Å². The van der Waals surface area contributed by atoms with Crippen LogP contribution in [0.5, 0.6) is 0 Å². The van der Waals surface area contributed by atoms with E-state index in [0.29, 0.717) is 23.2 Å². The van der Waals surface area contributed by atoms with E-state index in [4.69, 9.17) is 16.3 Å². The van der Waals surface area contributed by atoms with Gasteiger partial charge < -0.3 is 25.2 Å². The van der Waals surface area contributed by atoms with Gasteiger partial charge in [0.1, 0.15) is 11.6 Å². The molecule has 1 spiro atoms. The molecular weight excluding hydrogens is 600 g/mol. The Balaban J connectivity index is 1.04. The van der Waals surface area contributed by atoms with Crippen molar-refractivity contribution in [2.45, 2.75) is 81.6 Å². The summed E-state index contributed by atoms with van der Waals surface area (Å²) >= 11 is 6.04. The number of likely N-dealkylation sites (tertiary alicyclic amines) is 2. The second-order valence-electron chi connectivity index (χ2n) is 13.9. The van der Waals surface area contributed by atoms with Crippen molar-refractivity contribution in [2.75, 3.05) is 31.5 Å². The van der Waals surface area contributed by atoms with Gasteiger partial charge in [0.25, 0.3) is 0 Å². The number of halogens is 1. The predicted octanol–water partition coefficient (Wildman–Crippen LogP) is 5.22. The fourth-order valence-electron chi connectivity index (χ4n) is 8.62. The highest BCUT2D eigenvalue weighted by molar-refractivity contribution is 6.30. The van der Waals surface area contributed by atoms with E-state index in [0.717, 1.165) is 58.2 Å². The number of carbonyl (C=O) groups is 3. The topological polar surface area (TPSA) is 91.0 Å². The van der Waals surface area contributed by atoms with E-state index < -0.39 is 29.6 Å². The molecule has 0 radical (unpaired) electrons. The van der Waals surface area contributed by atoms with E-state index in [1.807, 2.05) is 12.2 Å². The van der Waals surface area contributed by atoms with Gasteiger partial charge in [0.15, 0.2) is 0 Å². The van der Waals surface area contributed by atoms with E-state index in [1.54, 1.807) is 29.2 Å². The molecule has 4 fully saturated rings. The molecule has 244 valence electrons. The molecule has 9 heteroatoms. The highest BCUT2D eigenvalue weighted by atomic mass is 35.5. The summed E-state index contributed by atoms with van der Waals surface area (Å²) in [5.74, 6) is -1.36. The molecule has 4 aliphatic heterocycles. The van der Waals surface area contributed by atoms with Gasteiger partial charge >= 0.3 is 0 Å². The third kappa shape index (κ3) is 6.24. The lowest BCUT2D eigenvalue weighted by molar-refractivity contribution is -0.141. The predicted molar refractivity (Wildman–Crippen MR) is 178 cm³/mol. The number of amides is 3. The van der Waals surface area contributed by atoms with Crippen LogP contribution in [0.25, 0.3) is 0 Å².